The van der Waals surface area contributed by atoms with Crippen LogP contribution < -0.4 is 5.73 Å². The minimum absolute atomic E-state index is 0. The van der Waals surface area contributed by atoms with E-state index in [-0.39, 0.29) is 24.8 Å². The van der Waals surface area contributed by atoms with Gasteiger partial charge in [-0.15, -0.1) is 36.2 Å². The van der Waals surface area contributed by atoms with Crippen LogP contribution in [0.25, 0.3) is 4.96 Å². The van der Waals surface area contributed by atoms with Gasteiger partial charge in [-0.3, -0.25) is 4.40 Å². The number of nitrogens with zero attached hydrogens (tertiary/aromatic N) is 2. The average molecular weight is 226 g/mol. The monoisotopic (exact) mass is 225 g/mol. The first-order valence-corrected chi connectivity index (χ1v) is 3.89. The second kappa shape index (κ2) is 4.67. The fourth-order valence-electron chi connectivity index (χ4n) is 0.927. The lowest BCUT2D eigenvalue weighted by atomic mass is 10.5. The Labute approximate surface area is 86.4 Å². The Morgan fingerprint density at radius 1 is 1.50 bits per heavy atom. The number of aromatic nitrogens is 2. The first kappa shape index (κ1) is 11.7. The highest BCUT2D eigenvalue weighted by atomic mass is 35.5. The molecular weight excluding hydrogens is 217 g/mol. The van der Waals surface area contributed by atoms with Crippen LogP contribution in [0.2, 0.25) is 0 Å². The van der Waals surface area contributed by atoms with Gasteiger partial charge in [-0.25, -0.2) is 4.98 Å². The van der Waals surface area contributed by atoms with Gasteiger partial charge in [0.05, 0.1) is 11.9 Å². The highest BCUT2D eigenvalue weighted by molar-refractivity contribution is 7.15. The van der Waals surface area contributed by atoms with E-state index in [0.29, 0.717) is 6.54 Å². The second-order valence-corrected chi connectivity index (χ2v) is 2.88. The van der Waals surface area contributed by atoms with Crippen LogP contribution in [-0.4, -0.2) is 9.38 Å². The van der Waals surface area contributed by atoms with Crippen molar-refractivity contribution in [1.82, 2.24) is 9.38 Å². The van der Waals surface area contributed by atoms with Crippen LogP contribution >= 0.6 is 36.2 Å². The maximum Gasteiger partial charge on any atom is 0.193 e. The summed E-state index contributed by atoms with van der Waals surface area (Å²) in [6.45, 7) is 0.553. The van der Waals surface area contributed by atoms with E-state index >= 15 is 0 Å². The smallest absolute Gasteiger partial charge is 0.193 e. The predicted molar refractivity (Wildman–Crippen MR) is 55.5 cm³/mol. The van der Waals surface area contributed by atoms with Gasteiger partial charge in [0.2, 0.25) is 0 Å². The molecule has 0 fully saturated rings. The molecule has 0 aliphatic carbocycles. The molecule has 0 saturated carbocycles. The van der Waals surface area contributed by atoms with Gasteiger partial charge in [0, 0.05) is 18.1 Å². The first-order chi connectivity index (χ1) is 4.92. The van der Waals surface area contributed by atoms with Crippen molar-refractivity contribution in [3.63, 3.8) is 0 Å². The van der Waals surface area contributed by atoms with Crippen LogP contribution in [-0.2, 0) is 6.54 Å². The zero-order chi connectivity index (χ0) is 6.97. The third-order valence-electron chi connectivity index (χ3n) is 1.43. The summed E-state index contributed by atoms with van der Waals surface area (Å²) in [6, 6.07) is 0. The number of halogens is 2. The van der Waals surface area contributed by atoms with Crippen molar-refractivity contribution in [2.45, 2.75) is 6.54 Å². The van der Waals surface area contributed by atoms with E-state index in [2.05, 4.69) is 4.98 Å². The lowest BCUT2D eigenvalue weighted by Gasteiger charge is -1.88. The van der Waals surface area contributed by atoms with Gasteiger partial charge in [0.25, 0.3) is 0 Å². The number of imidazole rings is 1. The van der Waals surface area contributed by atoms with Gasteiger partial charge in [-0.2, -0.15) is 0 Å². The Kier molecular flexibility index (Phi) is 4.55. The molecule has 2 heterocycles. The summed E-state index contributed by atoms with van der Waals surface area (Å²) in [5.41, 5.74) is 6.53. The van der Waals surface area contributed by atoms with E-state index in [9.17, 15) is 0 Å². The van der Waals surface area contributed by atoms with Crippen molar-refractivity contribution < 1.29 is 0 Å². The fraction of sp³-hybridized carbons (Fsp3) is 0.167. The van der Waals surface area contributed by atoms with Crippen molar-refractivity contribution >= 4 is 41.1 Å². The number of hydrogen-bond donors (Lipinski definition) is 1. The highest BCUT2D eigenvalue weighted by Gasteiger charge is 1.99. The molecule has 68 valence electrons. The molecule has 0 radical (unpaired) electrons. The molecule has 2 aromatic heterocycles. The first-order valence-electron chi connectivity index (χ1n) is 3.01. The minimum Gasteiger partial charge on any atom is -0.325 e. The van der Waals surface area contributed by atoms with Crippen molar-refractivity contribution in [2.75, 3.05) is 0 Å². The number of nitrogens with two attached hydrogens (primary N) is 1. The molecule has 0 spiro atoms. The lowest BCUT2D eigenvalue weighted by molar-refractivity contribution is 0.967. The molecule has 0 bridgehead atoms. The SMILES string of the molecule is Cl.Cl.NCc1cnc2sccn12. The average Bonchev–Trinajstić information content (AvgIpc) is 2.44. The summed E-state index contributed by atoms with van der Waals surface area (Å²) in [4.78, 5) is 5.17. The van der Waals surface area contributed by atoms with E-state index < -0.39 is 0 Å². The van der Waals surface area contributed by atoms with Crippen LogP contribution in [0.5, 0.6) is 0 Å². The number of hydrogen-bond acceptors (Lipinski definition) is 3. The summed E-state index contributed by atoms with van der Waals surface area (Å²) in [5, 5.41) is 2.00. The molecule has 0 unspecified atom stereocenters. The summed E-state index contributed by atoms with van der Waals surface area (Å²) in [6.07, 6.45) is 3.79. The van der Waals surface area contributed by atoms with Gasteiger partial charge in [-0.05, 0) is 0 Å². The molecule has 0 aromatic carbocycles. The molecule has 0 aliphatic rings. The summed E-state index contributed by atoms with van der Waals surface area (Å²) >= 11 is 1.62. The standard InChI is InChI=1S/C6H7N3S.2ClH/c7-3-5-4-8-6-9(5)1-2-10-6;;/h1-2,4H,3,7H2;2*1H. The zero-order valence-corrected chi connectivity index (χ0v) is 8.59. The lowest BCUT2D eigenvalue weighted by Crippen LogP contribution is -1.98. The molecule has 0 atom stereocenters. The Morgan fingerprint density at radius 2 is 2.25 bits per heavy atom. The number of rotatable bonds is 1. The molecule has 0 amide bonds. The molecular formula is C6H9Cl2N3S. The van der Waals surface area contributed by atoms with Crippen molar-refractivity contribution in [2.24, 2.45) is 5.73 Å². The molecule has 2 N–H and O–H groups in total. The maximum absolute atomic E-state index is 5.46. The largest absolute Gasteiger partial charge is 0.325 e. The van der Waals surface area contributed by atoms with Crippen LogP contribution in [0.1, 0.15) is 5.69 Å². The van der Waals surface area contributed by atoms with Gasteiger partial charge >= 0.3 is 0 Å². The van der Waals surface area contributed by atoms with E-state index in [0.717, 1.165) is 10.7 Å². The van der Waals surface area contributed by atoms with Gasteiger partial charge in [0.1, 0.15) is 0 Å². The third-order valence-corrected chi connectivity index (χ3v) is 2.20. The normalized spacial score (nSPS) is 9.08. The van der Waals surface area contributed by atoms with Gasteiger partial charge < -0.3 is 5.73 Å². The molecule has 0 saturated heterocycles. The maximum atomic E-state index is 5.46. The van der Waals surface area contributed by atoms with Gasteiger partial charge in [0.15, 0.2) is 4.96 Å². The van der Waals surface area contributed by atoms with Crippen LogP contribution in [0, 0.1) is 0 Å². The number of fused-ring (bicyclic) bond motifs is 1. The molecule has 6 heteroatoms. The molecule has 2 rings (SSSR count). The van der Waals surface area contributed by atoms with Crippen LogP contribution in [0.3, 0.4) is 0 Å². The summed E-state index contributed by atoms with van der Waals surface area (Å²) in [7, 11) is 0. The molecule has 0 aliphatic heterocycles. The van der Waals surface area contributed by atoms with E-state index in [1.54, 1.807) is 11.3 Å². The quantitative estimate of drug-likeness (QED) is 0.804. The Balaban J connectivity index is 0.000000605. The predicted octanol–water partition coefficient (Wildman–Crippen LogP) is 1.70. The summed E-state index contributed by atoms with van der Waals surface area (Å²) in [5.74, 6) is 0. The Morgan fingerprint density at radius 3 is 2.92 bits per heavy atom. The van der Waals surface area contributed by atoms with E-state index in [1.807, 2.05) is 22.2 Å². The third kappa shape index (κ3) is 1.72. The highest BCUT2D eigenvalue weighted by Crippen LogP contribution is 2.11. The second-order valence-electron chi connectivity index (χ2n) is 2.01. The van der Waals surface area contributed by atoms with E-state index in [1.165, 1.54) is 0 Å². The fourth-order valence-corrected chi connectivity index (χ4v) is 1.64. The molecule has 3 nitrogen and oxygen atoms in total. The van der Waals surface area contributed by atoms with Crippen molar-refractivity contribution in [1.29, 1.82) is 0 Å². The Bertz CT molecular complexity index is 343. The zero-order valence-electron chi connectivity index (χ0n) is 6.14. The van der Waals surface area contributed by atoms with Crippen molar-refractivity contribution in [3.8, 4) is 0 Å². The Hall–Kier alpha value is -0.290. The van der Waals surface area contributed by atoms with Crippen LogP contribution in [0.4, 0.5) is 0 Å². The van der Waals surface area contributed by atoms with Crippen LogP contribution in [0.15, 0.2) is 17.8 Å². The molecule has 12 heavy (non-hydrogen) atoms. The van der Waals surface area contributed by atoms with Crippen molar-refractivity contribution in [3.05, 3.63) is 23.5 Å². The number of thiazole rings is 1. The van der Waals surface area contributed by atoms with Gasteiger partial charge in [-0.1, -0.05) is 0 Å². The molecule has 2 aromatic rings. The summed E-state index contributed by atoms with van der Waals surface area (Å²) < 4.78 is 2.00. The van der Waals surface area contributed by atoms with E-state index in [4.69, 9.17) is 5.73 Å². The minimum atomic E-state index is 0. The topological polar surface area (TPSA) is 43.3 Å².